The van der Waals surface area contributed by atoms with Crippen molar-refractivity contribution in [2.75, 3.05) is 13.1 Å². The van der Waals surface area contributed by atoms with E-state index >= 15 is 0 Å². The summed E-state index contributed by atoms with van der Waals surface area (Å²) in [7, 11) is 0. The number of hydrogen-bond donors (Lipinski definition) is 2. The van der Waals surface area contributed by atoms with Crippen LogP contribution in [0.3, 0.4) is 0 Å². The topological polar surface area (TPSA) is 78.1 Å². The van der Waals surface area contributed by atoms with Crippen LogP contribution in [0.15, 0.2) is 42.6 Å². The summed E-state index contributed by atoms with van der Waals surface area (Å²) in [5.41, 5.74) is 1.89. The number of nitrogens with zero attached hydrogens (tertiary/aromatic N) is 2. The van der Waals surface area contributed by atoms with Gasteiger partial charge in [0.2, 0.25) is 11.8 Å². The Kier molecular flexibility index (Phi) is 5.28. The summed E-state index contributed by atoms with van der Waals surface area (Å²) in [6.07, 6.45) is 6.10. The summed E-state index contributed by atoms with van der Waals surface area (Å²) in [6, 6.07) is 9.79. The van der Waals surface area contributed by atoms with E-state index in [0.29, 0.717) is 13.1 Å². The number of imidazole rings is 1. The van der Waals surface area contributed by atoms with Crippen LogP contribution >= 0.6 is 0 Å². The number of carbonyl (C=O) groups excluding carboxylic acids is 2. The number of amides is 2. The van der Waals surface area contributed by atoms with E-state index < -0.39 is 0 Å². The lowest BCUT2D eigenvalue weighted by Gasteiger charge is -2.13. The number of rotatable bonds is 5. The maximum Gasteiger partial charge on any atom is 0.246 e. The summed E-state index contributed by atoms with van der Waals surface area (Å²) in [6.45, 7) is 3.31. The molecular formula is C19H22N4O2. The molecule has 1 aliphatic heterocycles. The van der Waals surface area contributed by atoms with Crippen molar-refractivity contribution in [1.29, 1.82) is 0 Å². The molecule has 25 heavy (non-hydrogen) atoms. The first kappa shape index (κ1) is 17.0. The number of H-pyrrole nitrogens is 1. The predicted octanol–water partition coefficient (Wildman–Crippen LogP) is 2.08. The summed E-state index contributed by atoms with van der Waals surface area (Å²) in [4.78, 5) is 32.8. The van der Waals surface area contributed by atoms with E-state index in [0.717, 1.165) is 30.0 Å². The number of likely N-dealkylation sites (tertiary alicyclic amines) is 1. The Labute approximate surface area is 147 Å². The molecular weight excluding hydrogens is 316 g/mol. The Morgan fingerprint density at radius 3 is 2.92 bits per heavy atom. The lowest BCUT2D eigenvalue weighted by Crippen LogP contribution is -2.26. The standard InChI is InChI=1S/C19H22N4O2/c1-14(24)20-11-17-12-21-19(22-17)16-9-10-23(13-16)18(25)8-7-15-5-3-2-4-6-15/h2-8,12,16H,9-11,13H2,1H3,(H,20,24)(H,21,22)/b8-7+/t16-/m0/s1. The molecule has 1 aromatic carbocycles. The molecule has 1 fully saturated rings. The molecule has 2 heterocycles. The number of benzene rings is 1. The molecule has 0 unspecified atom stereocenters. The van der Waals surface area contributed by atoms with E-state index in [9.17, 15) is 9.59 Å². The predicted molar refractivity (Wildman–Crippen MR) is 95.5 cm³/mol. The Morgan fingerprint density at radius 1 is 1.36 bits per heavy atom. The first-order valence-electron chi connectivity index (χ1n) is 8.42. The van der Waals surface area contributed by atoms with Crippen molar-refractivity contribution in [3.63, 3.8) is 0 Å². The highest BCUT2D eigenvalue weighted by atomic mass is 16.2. The largest absolute Gasteiger partial charge is 0.351 e. The monoisotopic (exact) mass is 338 g/mol. The molecule has 130 valence electrons. The van der Waals surface area contributed by atoms with Gasteiger partial charge in [-0.3, -0.25) is 9.59 Å². The Bertz CT molecular complexity index is 767. The minimum absolute atomic E-state index is 0.0244. The first-order chi connectivity index (χ1) is 12.1. The molecule has 1 saturated heterocycles. The van der Waals surface area contributed by atoms with Gasteiger partial charge in [-0.2, -0.15) is 0 Å². The molecule has 2 amide bonds. The quantitative estimate of drug-likeness (QED) is 0.819. The van der Waals surface area contributed by atoms with Crippen LogP contribution in [-0.2, 0) is 16.1 Å². The maximum absolute atomic E-state index is 12.3. The molecule has 0 saturated carbocycles. The molecule has 1 aromatic heterocycles. The summed E-state index contributed by atoms with van der Waals surface area (Å²) in [5, 5.41) is 2.74. The minimum atomic E-state index is -0.0704. The summed E-state index contributed by atoms with van der Waals surface area (Å²) in [5.74, 6) is 1.04. The highest BCUT2D eigenvalue weighted by Gasteiger charge is 2.28. The van der Waals surface area contributed by atoms with E-state index in [2.05, 4.69) is 15.3 Å². The van der Waals surface area contributed by atoms with Crippen molar-refractivity contribution in [2.24, 2.45) is 0 Å². The van der Waals surface area contributed by atoms with E-state index in [1.165, 1.54) is 6.92 Å². The molecule has 2 aromatic rings. The van der Waals surface area contributed by atoms with Crippen molar-refractivity contribution < 1.29 is 9.59 Å². The molecule has 0 bridgehead atoms. The van der Waals surface area contributed by atoms with Crippen LogP contribution in [0.1, 0.15) is 36.3 Å². The first-order valence-corrected chi connectivity index (χ1v) is 8.42. The van der Waals surface area contributed by atoms with Gasteiger partial charge in [0.25, 0.3) is 0 Å². The number of carbonyl (C=O) groups is 2. The van der Waals surface area contributed by atoms with Crippen molar-refractivity contribution in [2.45, 2.75) is 25.8 Å². The highest BCUT2D eigenvalue weighted by molar-refractivity contribution is 5.92. The SMILES string of the molecule is CC(=O)NCc1cnc([C@H]2CCN(C(=O)/C=C/c3ccccc3)C2)[nH]1. The van der Waals surface area contributed by atoms with Crippen LogP contribution < -0.4 is 5.32 Å². The van der Waals surface area contributed by atoms with Gasteiger partial charge in [0.05, 0.1) is 18.4 Å². The maximum atomic E-state index is 12.3. The van der Waals surface area contributed by atoms with Gasteiger partial charge in [0, 0.05) is 32.0 Å². The Balaban J connectivity index is 1.55. The summed E-state index contributed by atoms with van der Waals surface area (Å²) < 4.78 is 0. The van der Waals surface area contributed by atoms with E-state index in [-0.39, 0.29) is 17.7 Å². The van der Waals surface area contributed by atoms with Gasteiger partial charge in [-0.25, -0.2) is 4.98 Å². The fraction of sp³-hybridized carbons (Fsp3) is 0.316. The fourth-order valence-corrected chi connectivity index (χ4v) is 2.91. The van der Waals surface area contributed by atoms with Gasteiger partial charge < -0.3 is 15.2 Å². The molecule has 3 rings (SSSR count). The van der Waals surface area contributed by atoms with E-state index in [1.807, 2.05) is 41.3 Å². The molecule has 0 aliphatic carbocycles. The third-order valence-corrected chi connectivity index (χ3v) is 4.28. The number of aromatic amines is 1. The smallest absolute Gasteiger partial charge is 0.246 e. The fourth-order valence-electron chi connectivity index (χ4n) is 2.91. The van der Waals surface area contributed by atoms with Gasteiger partial charge in [-0.15, -0.1) is 0 Å². The Hall–Kier alpha value is -2.89. The van der Waals surface area contributed by atoms with Crippen LogP contribution in [0.4, 0.5) is 0 Å². The molecule has 1 aliphatic rings. The number of aromatic nitrogens is 2. The van der Waals surface area contributed by atoms with Crippen LogP contribution in [-0.4, -0.2) is 39.8 Å². The van der Waals surface area contributed by atoms with Gasteiger partial charge in [0.1, 0.15) is 5.82 Å². The van der Waals surface area contributed by atoms with Gasteiger partial charge in [-0.1, -0.05) is 30.3 Å². The molecule has 2 N–H and O–H groups in total. The average molecular weight is 338 g/mol. The third kappa shape index (κ3) is 4.56. The van der Waals surface area contributed by atoms with E-state index in [4.69, 9.17) is 0 Å². The number of nitrogens with one attached hydrogen (secondary N) is 2. The summed E-state index contributed by atoms with van der Waals surface area (Å²) >= 11 is 0. The average Bonchev–Trinajstić information content (AvgIpc) is 3.28. The van der Waals surface area contributed by atoms with Crippen molar-refractivity contribution >= 4 is 17.9 Å². The second kappa shape index (κ2) is 7.79. The molecule has 1 atom stereocenters. The van der Waals surface area contributed by atoms with Gasteiger partial charge >= 0.3 is 0 Å². The van der Waals surface area contributed by atoms with Gasteiger partial charge in [-0.05, 0) is 18.1 Å². The van der Waals surface area contributed by atoms with Crippen molar-refractivity contribution in [3.8, 4) is 0 Å². The van der Waals surface area contributed by atoms with Crippen LogP contribution in [0.25, 0.3) is 6.08 Å². The third-order valence-electron chi connectivity index (χ3n) is 4.28. The van der Waals surface area contributed by atoms with Crippen LogP contribution in [0.5, 0.6) is 0 Å². The molecule has 6 nitrogen and oxygen atoms in total. The lowest BCUT2D eigenvalue weighted by molar-refractivity contribution is -0.125. The van der Waals surface area contributed by atoms with Gasteiger partial charge in [0.15, 0.2) is 0 Å². The molecule has 0 radical (unpaired) electrons. The lowest BCUT2D eigenvalue weighted by atomic mass is 10.1. The van der Waals surface area contributed by atoms with E-state index in [1.54, 1.807) is 12.3 Å². The van der Waals surface area contributed by atoms with Crippen LogP contribution in [0, 0.1) is 0 Å². The second-order valence-corrected chi connectivity index (χ2v) is 6.22. The number of hydrogen-bond acceptors (Lipinski definition) is 3. The Morgan fingerprint density at radius 2 is 2.16 bits per heavy atom. The zero-order chi connectivity index (χ0) is 17.6. The highest BCUT2D eigenvalue weighted by Crippen LogP contribution is 2.25. The van der Waals surface area contributed by atoms with Crippen molar-refractivity contribution in [3.05, 3.63) is 59.7 Å². The zero-order valence-corrected chi connectivity index (χ0v) is 14.2. The molecule has 6 heteroatoms. The minimum Gasteiger partial charge on any atom is -0.351 e. The van der Waals surface area contributed by atoms with Crippen molar-refractivity contribution in [1.82, 2.24) is 20.2 Å². The van der Waals surface area contributed by atoms with Crippen LogP contribution in [0.2, 0.25) is 0 Å². The zero-order valence-electron chi connectivity index (χ0n) is 14.2. The second-order valence-electron chi connectivity index (χ2n) is 6.22. The normalized spacial score (nSPS) is 17.2. The molecule has 0 spiro atoms.